The van der Waals surface area contributed by atoms with Gasteiger partial charge in [0.2, 0.25) is 0 Å². The third-order valence-electron chi connectivity index (χ3n) is 3.93. The van der Waals surface area contributed by atoms with Crippen molar-refractivity contribution in [2.75, 3.05) is 0 Å². The van der Waals surface area contributed by atoms with Crippen LogP contribution in [0.2, 0.25) is 5.02 Å². The Hall–Kier alpha value is -1.10. The van der Waals surface area contributed by atoms with Gasteiger partial charge in [-0.1, -0.05) is 32.4 Å². The first-order chi connectivity index (χ1) is 10.1. The van der Waals surface area contributed by atoms with Crippen LogP contribution in [0.3, 0.4) is 0 Å². The molecule has 2 aromatic rings. The molecular weight excluding hydrogens is 318 g/mol. The van der Waals surface area contributed by atoms with Gasteiger partial charge in [-0.2, -0.15) is 0 Å². The van der Waals surface area contributed by atoms with Gasteiger partial charge in [-0.15, -0.1) is 11.3 Å². The number of hydrogen-bond donors (Lipinski definition) is 1. The maximum Gasteiger partial charge on any atom is 0.144 e. The number of benzene rings is 1. The van der Waals surface area contributed by atoms with Crippen molar-refractivity contribution in [1.82, 2.24) is 4.98 Å². The number of aliphatic hydroxyl groups is 1. The Morgan fingerprint density at radius 3 is 2.14 bits per heavy atom. The fraction of sp³-hybridized carbons (Fsp3) is 0.471. The molecule has 0 spiro atoms. The van der Waals surface area contributed by atoms with Crippen molar-refractivity contribution in [3.05, 3.63) is 45.9 Å². The third-order valence-corrected chi connectivity index (χ3v) is 5.07. The molecule has 3 nitrogen and oxygen atoms in total. The van der Waals surface area contributed by atoms with E-state index in [0.29, 0.717) is 10.8 Å². The number of rotatable bonds is 4. The first kappa shape index (κ1) is 17.3. The van der Waals surface area contributed by atoms with E-state index in [4.69, 9.17) is 16.3 Å². The number of hydrogen-bond acceptors (Lipinski definition) is 4. The van der Waals surface area contributed by atoms with E-state index in [2.05, 4.69) is 4.98 Å². The quantitative estimate of drug-likeness (QED) is 0.862. The molecule has 2 rings (SSSR count). The highest BCUT2D eigenvalue weighted by Gasteiger charge is 2.56. The molecule has 0 radical (unpaired) electrons. The fourth-order valence-corrected chi connectivity index (χ4v) is 4.04. The highest BCUT2D eigenvalue weighted by atomic mass is 35.5. The average molecular weight is 340 g/mol. The topological polar surface area (TPSA) is 42.4 Å². The largest absolute Gasteiger partial charge is 0.484 e. The second-order valence-electron chi connectivity index (χ2n) is 6.89. The van der Waals surface area contributed by atoms with Gasteiger partial charge in [-0.3, -0.25) is 4.98 Å². The summed E-state index contributed by atoms with van der Waals surface area (Å²) in [4.78, 5) is 4.91. The van der Waals surface area contributed by atoms with Crippen molar-refractivity contribution in [1.29, 1.82) is 0 Å². The van der Waals surface area contributed by atoms with E-state index in [1.807, 2.05) is 34.6 Å². The first-order valence-electron chi connectivity index (χ1n) is 7.14. The zero-order valence-electron chi connectivity index (χ0n) is 13.6. The number of halogens is 1. The van der Waals surface area contributed by atoms with Gasteiger partial charge in [0.1, 0.15) is 17.0 Å². The third kappa shape index (κ3) is 3.00. The molecule has 0 aliphatic rings. The number of aromatic nitrogens is 1. The molecule has 1 aromatic carbocycles. The monoisotopic (exact) mass is 339 g/mol. The lowest BCUT2D eigenvalue weighted by atomic mass is 9.67. The van der Waals surface area contributed by atoms with Crippen LogP contribution in [0.4, 0.5) is 0 Å². The summed E-state index contributed by atoms with van der Waals surface area (Å²) < 4.78 is 6.14. The Kier molecular flexibility index (Phi) is 4.58. The van der Waals surface area contributed by atoms with Crippen LogP contribution in [0.15, 0.2) is 36.0 Å². The summed E-state index contributed by atoms with van der Waals surface area (Å²) in [5, 5.41) is 12.2. The Bertz CT molecular complexity index is 617. The van der Waals surface area contributed by atoms with E-state index in [1.165, 1.54) is 11.3 Å². The smallest absolute Gasteiger partial charge is 0.144 e. The molecule has 0 aliphatic heterocycles. The van der Waals surface area contributed by atoms with Crippen LogP contribution in [-0.4, -0.2) is 15.7 Å². The van der Waals surface area contributed by atoms with Gasteiger partial charge in [-0.25, -0.2) is 0 Å². The minimum Gasteiger partial charge on any atom is -0.484 e. The maximum atomic E-state index is 11.6. The van der Waals surface area contributed by atoms with Crippen LogP contribution in [0.5, 0.6) is 5.75 Å². The SMILES string of the molecule is CC(C)(C)C(O)(c1cncs1)C(C)(C)Oc1ccc(Cl)cc1. The van der Waals surface area contributed by atoms with Gasteiger partial charge < -0.3 is 9.84 Å². The van der Waals surface area contributed by atoms with E-state index in [0.717, 1.165) is 4.88 Å². The van der Waals surface area contributed by atoms with E-state index in [1.54, 1.807) is 36.0 Å². The Morgan fingerprint density at radius 2 is 1.68 bits per heavy atom. The van der Waals surface area contributed by atoms with Crippen LogP contribution in [0.25, 0.3) is 0 Å². The first-order valence-corrected chi connectivity index (χ1v) is 8.39. The van der Waals surface area contributed by atoms with Gasteiger partial charge in [0.05, 0.1) is 10.4 Å². The average Bonchev–Trinajstić information content (AvgIpc) is 2.93. The van der Waals surface area contributed by atoms with E-state index >= 15 is 0 Å². The van der Waals surface area contributed by atoms with Crippen LogP contribution in [0, 0.1) is 5.41 Å². The standard InChI is InChI=1S/C17H22ClNO2S/c1-15(2,3)17(20,14-10-19-11-22-14)16(4,5)21-13-8-6-12(18)7-9-13/h6-11,20H,1-5H3. The van der Waals surface area contributed by atoms with Crippen molar-refractivity contribution in [2.45, 2.75) is 45.8 Å². The molecule has 0 fully saturated rings. The molecule has 5 heteroatoms. The Morgan fingerprint density at radius 1 is 1.09 bits per heavy atom. The Balaban J connectivity index is 2.44. The summed E-state index contributed by atoms with van der Waals surface area (Å²) in [5.74, 6) is 0.668. The summed E-state index contributed by atoms with van der Waals surface area (Å²) in [6.45, 7) is 9.79. The minimum atomic E-state index is -1.19. The van der Waals surface area contributed by atoms with Gasteiger partial charge in [0.25, 0.3) is 0 Å². The second kappa shape index (κ2) is 5.84. The van der Waals surface area contributed by atoms with Crippen LogP contribution >= 0.6 is 22.9 Å². The van der Waals surface area contributed by atoms with Gasteiger partial charge in [-0.05, 0) is 43.5 Å². The van der Waals surface area contributed by atoms with Gasteiger partial charge in [0.15, 0.2) is 0 Å². The normalized spacial score (nSPS) is 15.4. The molecular formula is C17H22ClNO2S. The zero-order chi connectivity index (χ0) is 16.6. The van der Waals surface area contributed by atoms with E-state index in [-0.39, 0.29) is 0 Å². The summed E-state index contributed by atoms with van der Waals surface area (Å²) in [6.07, 6.45) is 1.71. The van der Waals surface area contributed by atoms with Crippen LogP contribution in [0.1, 0.15) is 39.5 Å². The molecule has 0 amide bonds. The summed E-state index contributed by atoms with van der Waals surface area (Å²) in [7, 11) is 0. The second-order valence-corrected chi connectivity index (χ2v) is 8.22. The molecule has 120 valence electrons. The molecule has 22 heavy (non-hydrogen) atoms. The van der Waals surface area contributed by atoms with Crippen molar-refractivity contribution in [2.24, 2.45) is 5.41 Å². The Labute approximate surface area is 140 Å². The van der Waals surface area contributed by atoms with Crippen molar-refractivity contribution in [3.8, 4) is 5.75 Å². The lowest BCUT2D eigenvalue weighted by Gasteiger charge is -2.49. The maximum absolute atomic E-state index is 11.6. The minimum absolute atomic E-state index is 0.435. The number of ether oxygens (including phenoxy) is 1. The molecule has 1 aromatic heterocycles. The number of thiazole rings is 1. The van der Waals surface area contributed by atoms with E-state index in [9.17, 15) is 5.11 Å². The molecule has 0 saturated heterocycles. The van der Waals surface area contributed by atoms with Crippen molar-refractivity contribution >= 4 is 22.9 Å². The van der Waals surface area contributed by atoms with Crippen LogP contribution < -0.4 is 4.74 Å². The zero-order valence-corrected chi connectivity index (χ0v) is 15.1. The molecule has 1 atom stereocenters. The highest BCUT2D eigenvalue weighted by molar-refractivity contribution is 7.09. The van der Waals surface area contributed by atoms with Crippen LogP contribution in [-0.2, 0) is 5.60 Å². The van der Waals surface area contributed by atoms with Gasteiger partial charge in [0, 0.05) is 11.2 Å². The highest BCUT2D eigenvalue weighted by Crippen LogP contribution is 2.49. The van der Waals surface area contributed by atoms with Crippen molar-refractivity contribution < 1.29 is 9.84 Å². The molecule has 1 N–H and O–H groups in total. The molecule has 1 unspecified atom stereocenters. The summed E-state index contributed by atoms with van der Waals surface area (Å²) >= 11 is 7.35. The fourth-order valence-electron chi connectivity index (χ4n) is 2.83. The lowest BCUT2D eigenvalue weighted by molar-refractivity contribution is -0.181. The predicted molar refractivity (Wildman–Crippen MR) is 91.6 cm³/mol. The summed E-state index contributed by atoms with van der Waals surface area (Å²) in [5.41, 5.74) is -0.758. The predicted octanol–water partition coefficient (Wildman–Crippen LogP) is 4.89. The molecule has 0 bridgehead atoms. The number of nitrogens with zero attached hydrogens (tertiary/aromatic N) is 1. The summed E-state index contributed by atoms with van der Waals surface area (Å²) in [6, 6.07) is 7.16. The van der Waals surface area contributed by atoms with Gasteiger partial charge >= 0.3 is 0 Å². The molecule has 0 aliphatic carbocycles. The lowest BCUT2D eigenvalue weighted by Crippen LogP contribution is -2.58. The van der Waals surface area contributed by atoms with Crippen molar-refractivity contribution in [3.63, 3.8) is 0 Å². The molecule has 1 heterocycles. The molecule has 0 saturated carbocycles. The van der Waals surface area contributed by atoms with E-state index < -0.39 is 16.6 Å².